The number of rotatable bonds is 0. The van der Waals surface area contributed by atoms with E-state index in [-0.39, 0.29) is 23.8 Å². The normalized spacial score (nSPS) is 7.46. The van der Waals surface area contributed by atoms with E-state index >= 15 is 0 Å². The third kappa shape index (κ3) is 2040. The van der Waals surface area contributed by atoms with Gasteiger partial charge >= 0.3 is 19.5 Å². The Morgan fingerprint density at radius 1 is 1.00 bits per heavy atom. The minimum Gasteiger partial charge on any atom is -0.385 e. The number of thiocarbonyl (C=S) groups is 1. The van der Waals surface area contributed by atoms with Crippen molar-refractivity contribution in [2.45, 2.75) is 41.5 Å². The van der Waals surface area contributed by atoms with Crippen LogP contribution in [0.15, 0.2) is 0 Å². The summed E-state index contributed by atoms with van der Waals surface area (Å²) in [4.78, 5) is 0. The molecule has 0 aromatic carbocycles. The van der Waals surface area contributed by atoms with Gasteiger partial charge in [0.25, 0.3) is 0 Å². The van der Waals surface area contributed by atoms with E-state index in [1.807, 2.05) is 0 Å². The molecule has 0 aromatic heterocycles. The molecule has 0 atom stereocenters. The zero-order valence-electron chi connectivity index (χ0n) is 9.64. The van der Waals surface area contributed by atoms with Crippen LogP contribution in [0.2, 0.25) is 0 Å². The summed E-state index contributed by atoms with van der Waals surface area (Å²) in [6.07, 6.45) is 0. The largest absolute Gasteiger partial charge is 2.00 e. The molecule has 2 N–H and O–H groups in total. The van der Waals surface area contributed by atoms with Gasteiger partial charge in [0.2, 0.25) is 0 Å². The second kappa shape index (κ2) is 18.6. The van der Waals surface area contributed by atoms with Gasteiger partial charge in [-0.25, -0.2) is 0 Å². The zero-order valence-corrected chi connectivity index (χ0v) is 14.3. The Balaban J connectivity index is -0.0000000450. The zero-order chi connectivity index (χ0) is 10.7. The van der Waals surface area contributed by atoms with Crippen LogP contribution in [0.1, 0.15) is 41.5 Å². The summed E-state index contributed by atoms with van der Waals surface area (Å²) in [5.74, 6) is 2.83. The summed E-state index contributed by atoms with van der Waals surface area (Å²) in [6.45, 7) is 12.5. The number of hydrogen-bond acceptors (Lipinski definition) is 1. The van der Waals surface area contributed by atoms with Crippen molar-refractivity contribution in [2.75, 3.05) is 0 Å². The van der Waals surface area contributed by atoms with E-state index in [1.165, 1.54) is 11.8 Å². The standard InChI is InChI=1S/2C4H9.CH3NS2.Zn/c2*1-4(2)3;2-1(3)4;/h2*1-3H3;(H3,2,3,4);/q2*-1;;+2. The fourth-order valence-electron chi connectivity index (χ4n) is 0. The molecular weight excluding hydrogens is 252 g/mol. The van der Waals surface area contributed by atoms with Crippen molar-refractivity contribution >= 4 is 29.2 Å². The Kier molecular flexibility index (Phi) is 33.8. The first kappa shape index (κ1) is 23.6. The van der Waals surface area contributed by atoms with Crippen molar-refractivity contribution in [3.8, 4) is 0 Å². The molecule has 13 heavy (non-hydrogen) atoms. The summed E-state index contributed by atoms with van der Waals surface area (Å²) < 4.78 is 0.194. The molecule has 0 aliphatic carbocycles. The smallest absolute Gasteiger partial charge is 0.385 e. The van der Waals surface area contributed by atoms with Gasteiger partial charge in [0, 0.05) is 0 Å². The third-order valence-electron chi connectivity index (χ3n) is 0. The molecule has 0 spiro atoms. The maximum Gasteiger partial charge on any atom is 2.00 e. The van der Waals surface area contributed by atoms with Gasteiger partial charge in [0.1, 0.15) is 4.32 Å². The fraction of sp³-hybridized carbons (Fsp3) is 0.667. The SMILES string of the molecule is C[C-](C)C.C[C-](C)C.NC(=S)S.[Zn+2]. The quantitative estimate of drug-likeness (QED) is 0.306. The molecule has 0 saturated carbocycles. The van der Waals surface area contributed by atoms with Crippen LogP contribution in [-0.2, 0) is 19.5 Å². The third-order valence-corrected chi connectivity index (χ3v) is 0. The summed E-state index contributed by atoms with van der Waals surface area (Å²) in [6, 6.07) is 0. The molecule has 76 valence electrons. The van der Waals surface area contributed by atoms with Crippen molar-refractivity contribution in [1.82, 2.24) is 0 Å². The van der Waals surface area contributed by atoms with E-state index in [4.69, 9.17) is 5.73 Å². The van der Waals surface area contributed by atoms with Crippen molar-refractivity contribution < 1.29 is 19.5 Å². The molecule has 0 aliphatic heterocycles. The first-order valence-corrected chi connectivity index (χ1v) is 4.57. The Bertz CT molecular complexity index is 80.1. The van der Waals surface area contributed by atoms with Crippen LogP contribution in [0, 0.1) is 11.8 Å². The summed E-state index contributed by atoms with van der Waals surface area (Å²) in [7, 11) is 0. The van der Waals surface area contributed by atoms with Gasteiger partial charge in [-0.2, -0.15) is 41.5 Å². The van der Waals surface area contributed by atoms with Crippen molar-refractivity contribution in [3.63, 3.8) is 0 Å². The molecule has 0 saturated heterocycles. The maximum atomic E-state index is 4.71. The van der Waals surface area contributed by atoms with Crippen LogP contribution in [0.5, 0.6) is 0 Å². The predicted octanol–water partition coefficient (Wildman–Crippen LogP) is 3.40. The molecule has 0 heterocycles. The van der Waals surface area contributed by atoms with Crippen molar-refractivity contribution in [3.05, 3.63) is 11.8 Å². The number of thiol groups is 1. The van der Waals surface area contributed by atoms with E-state index in [2.05, 4.69) is 66.4 Å². The molecule has 0 amide bonds. The topological polar surface area (TPSA) is 26.0 Å². The Labute approximate surface area is 107 Å². The van der Waals surface area contributed by atoms with Gasteiger partial charge in [-0.1, -0.05) is 12.2 Å². The molecule has 4 heteroatoms. The molecular formula is C9H21NS2Zn. The maximum absolute atomic E-state index is 4.71. The monoisotopic (exact) mass is 271 g/mol. The molecule has 0 unspecified atom stereocenters. The van der Waals surface area contributed by atoms with Gasteiger partial charge in [-0.15, -0.1) is 12.6 Å². The van der Waals surface area contributed by atoms with Crippen LogP contribution in [0.3, 0.4) is 0 Å². The van der Waals surface area contributed by atoms with Gasteiger partial charge in [0.15, 0.2) is 0 Å². The molecule has 0 bridgehead atoms. The van der Waals surface area contributed by atoms with Crippen LogP contribution >= 0.6 is 24.8 Å². The number of nitrogens with two attached hydrogens (primary N) is 1. The first-order chi connectivity index (χ1) is 5.20. The van der Waals surface area contributed by atoms with E-state index in [9.17, 15) is 0 Å². The Morgan fingerprint density at radius 3 is 1.00 bits per heavy atom. The average molecular weight is 273 g/mol. The van der Waals surface area contributed by atoms with Crippen molar-refractivity contribution in [2.24, 2.45) is 5.73 Å². The van der Waals surface area contributed by atoms with Crippen LogP contribution in [0.4, 0.5) is 0 Å². The van der Waals surface area contributed by atoms with E-state index in [0.717, 1.165) is 0 Å². The fourth-order valence-corrected chi connectivity index (χ4v) is 0. The second-order valence-electron chi connectivity index (χ2n) is 3.34. The van der Waals surface area contributed by atoms with Gasteiger partial charge in [0.05, 0.1) is 0 Å². The summed E-state index contributed by atoms with van der Waals surface area (Å²) in [5.41, 5.74) is 4.71. The number of hydrogen-bond donors (Lipinski definition) is 2. The van der Waals surface area contributed by atoms with Gasteiger partial charge in [-0.05, 0) is 0 Å². The molecule has 1 nitrogen and oxygen atoms in total. The van der Waals surface area contributed by atoms with E-state index in [1.54, 1.807) is 0 Å². The summed E-state index contributed by atoms with van der Waals surface area (Å²) >= 11 is 7.65. The van der Waals surface area contributed by atoms with Crippen LogP contribution in [0.25, 0.3) is 0 Å². The van der Waals surface area contributed by atoms with Crippen LogP contribution < -0.4 is 5.73 Å². The van der Waals surface area contributed by atoms with Crippen molar-refractivity contribution in [1.29, 1.82) is 0 Å². The average Bonchev–Trinajstić information content (AvgIpc) is 1.54. The van der Waals surface area contributed by atoms with E-state index < -0.39 is 0 Å². The Morgan fingerprint density at radius 2 is 1.00 bits per heavy atom. The minimum atomic E-state index is 0. The first-order valence-electron chi connectivity index (χ1n) is 3.72. The van der Waals surface area contributed by atoms with Gasteiger partial charge < -0.3 is 17.6 Å². The predicted molar refractivity (Wildman–Crippen MR) is 66.3 cm³/mol. The Hall–Kier alpha value is 0.863. The molecule has 0 fully saturated rings. The van der Waals surface area contributed by atoms with E-state index in [0.29, 0.717) is 0 Å². The summed E-state index contributed by atoms with van der Waals surface area (Å²) in [5, 5.41) is 0. The van der Waals surface area contributed by atoms with Gasteiger partial charge in [-0.3, -0.25) is 0 Å². The van der Waals surface area contributed by atoms with Crippen LogP contribution in [-0.4, -0.2) is 4.32 Å². The molecule has 0 aliphatic rings. The second-order valence-corrected chi connectivity index (χ2v) is 4.56. The minimum absolute atomic E-state index is 0. The molecule has 0 radical (unpaired) electrons. The molecule has 0 rings (SSSR count). The molecule has 0 aromatic rings.